The Morgan fingerprint density at radius 2 is 1.97 bits per heavy atom. The molecule has 7 heteroatoms. The first-order valence-electron chi connectivity index (χ1n) is 10.6. The number of carbonyl (C=O) groups excluding carboxylic acids is 1. The number of amides is 1. The Balaban J connectivity index is 1.88. The molecule has 1 unspecified atom stereocenters. The SMILES string of the molecule is CCc1nn2c(-c3cccc(NC(=O)CC(C)CC(C)(C)C)c3)ccnc2c1C(=O)O. The largest absolute Gasteiger partial charge is 0.477 e. The quantitative estimate of drug-likeness (QED) is 0.555. The van der Waals surface area contributed by atoms with E-state index in [1.165, 1.54) is 0 Å². The first-order chi connectivity index (χ1) is 14.6. The van der Waals surface area contributed by atoms with Crippen LogP contribution in [0.2, 0.25) is 0 Å². The Kier molecular flexibility index (Phi) is 6.43. The summed E-state index contributed by atoms with van der Waals surface area (Å²) in [5, 5.41) is 17.1. The average molecular weight is 423 g/mol. The van der Waals surface area contributed by atoms with Gasteiger partial charge in [-0.3, -0.25) is 4.79 Å². The Bertz CT molecular complexity index is 1110. The van der Waals surface area contributed by atoms with Crippen molar-refractivity contribution in [2.45, 2.75) is 53.9 Å². The van der Waals surface area contributed by atoms with E-state index in [0.717, 1.165) is 12.0 Å². The second kappa shape index (κ2) is 8.88. The van der Waals surface area contributed by atoms with Gasteiger partial charge in [-0.2, -0.15) is 5.10 Å². The summed E-state index contributed by atoms with van der Waals surface area (Å²) in [4.78, 5) is 28.5. The van der Waals surface area contributed by atoms with Crippen molar-refractivity contribution in [3.05, 3.63) is 47.8 Å². The lowest BCUT2D eigenvalue weighted by Crippen LogP contribution is -2.18. The van der Waals surface area contributed by atoms with Crippen LogP contribution >= 0.6 is 0 Å². The standard InChI is InChI=1S/C24H30N4O3/c1-6-18-21(23(30)31)22-25-11-10-19(28(22)27-18)16-8-7-9-17(13-16)26-20(29)12-15(2)14-24(3,4)5/h7-11,13,15H,6,12,14H2,1-5H3,(H,26,29)(H,30,31). The number of hydrogen-bond donors (Lipinski definition) is 2. The van der Waals surface area contributed by atoms with Gasteiger partial charge in [-0.05, 0) is 42.4 Å². The first kappa shape index (κ1) is 22.5. The summed E-state index contributed by atoms with van der Waals surface area (Å²) in [7, 11) is 0. The van der Waals surface area contributed by atoms with Crippen LogP contribution in [0, 0.1) is 11.3 Å². The number of hydrogen-bond acceptors (Lipinski definition) is 4. The molecule has 0 aliphatic heterocycles. The maximum Gasteiger partial charge on any atom is 0.341 e. The van der Waals surface area contributed by atoms with Crippen LogP contribution in [0.15, 0.2) is 36.5 Å². The smallest absolute Gasteiger partial charge is 0.341 e. The van der Waals surface area contributed by atoms with Gasteiger partial charge in [0, 0.05) is 23.9 Å². The Labute approximate surface area is 182 Å². The van der Waals surface area contributed by atoms with Gasteiger partial charge in [0.25, 0.3) is 0 Å². The molecular weight excluding hydrogens is 392 g/mol. The van der Waals surface area contributed by atoms with E-state index in [1.54, 1.807) is 16.8 Å². The zero-order valence-corrected chi connectivity index (χ0v) is 18.8. The average Bonchev–Trinajstić information content (AvgIpc) is 3.05. The second-order valence-corrected chi connectivity index (χ2v) is 9.25. The summed E-state index contributed by atoms with van der Waals surface area (Å²) >= 11 is 0. The normalized spacial score (nSPS) is 12.7. The molecule has 3 rings (SSSR count). The van der Waals surface area contributed by atoms with E-state index in [9.17, 15) is 14.7 Å². The predicted octanol–water partition coefficient (Wildman–Crippen LogP) is 5.06. The van der Waals surface area contributed by atoms with Gasteiger partial charge < -0.3 is 10.4 Å². The molecule has 0 aliphatic rings. The van der Waals surface area contributed by atoms with Gasteiger partial charge in [-0.25, -0.2) is 14.3 Å². The maximum absolute atomic E-state index is 12.5. The summed E-state index contributed by atoms with van der Waals surface area (Å²) < 4.78 is 1.56. The van der Waals surface area contributed by atoms with Crippen molar-refractivity contribution < 1.29 is 14.7 Å². The summed E-state index contributed by atoms with van der Waals surface area (Å²) in [6.07, 6.45) is 3.51. The van der Waals surface area contributed by atoms with E-state index in [1.807, 2.05) is 31.2 Å². The Morgan fingerprint density at radius 1 is 1.23 bits per heavy atom. The van der Waals surface area contributed by atoms with Gasteiger partial charge in [-0.15, -0.1) is 0 Å². The fourth-order valence-corrected chi connectivity index (χ4v) is 4.08. The number of nitrogens with one attached hydrogen (secondary N) is 1. The molecule has 7 nitrogen and oxygen atoms in total. The van der Waals surface area contributed by atoms with Crippen molar-refractivity contribution in [1.82, 2.24) is 14.6 Å². The molecule has 0 saturated carbocycles. The number of carboxylic acids is 1. The summed E-state index contributed by atoms with van der Waals surface area (Å²) in [5.41, 5.74) is 3.33. The lowest BCUT2D eigenvalue weighted by Gasteiger charge is -2.22. The number of rotatable bonds is 7. The third-order valence-corrected chi connectivity index (χ3v) is 5.08. The molecule has 0 radical (unpaired) electrons. The molecular formula is C24H30N4O3. The van der Waals surface area contributed by atoms with Crippen molar-refractivity contribution in [2.75, 3.05) is 5.32 Å². The number of carbonyl (C=O) groups is 2. The number of nitrogens with zero attached hydrogens (tertiary/aromatic N) is 3. The fraction of sp³-hybridized carbons (Fsp3) is 0.417. The van der Waals surface area contributed by atoms with Crippen LogP contribution < -0.4 is 5.32 Å². The van der Waals surface area contributed by atoms with Crippen LogP contribution in [0.1, 0.15) is 63.5 Å². The fourth-order valence-electron chi connectivity index (χ4n) is 4.08. The highest BCUT2D eigenvalue weighted by Gasteiger charge is 2.21. The topological polar surface area (TPSA) is 96.6 Å². The van der Waals surface area contributed by atoms with Crippen LogP contribution in [-0.2, 0) is 11.2 Å². The van der Waals surface area contributed by atoms with E-state index in [2.05, 4.69) is 43.1 Å². The first-order valence-corrected chi connectivity index (χ1v) is 10.6. The number of aromatic nitrogens is 3. The number of carboxylic acid groups (broad SMARTS) is 1. The summed E-state index contributed by atoms with van der Waals surface area (Å²) in [6, 6.07) is 9.27. The Hall–Kier alpha value is -3.22. The number of fused-ring (bicyclic) bond motifs is 1. The van der Waals surface area contributed by atoms with Gasteiger partial charge in [0.15, 0.2) is 5.65 Å². The van der Waals surface area contributed by atoms with Crippen molar-refractivity contribution >= 4 is 23.2 Å². The maximum atomic E-state index is 12.5. The number of aromatic carboxylic acids is 1. The molecule has 3 aromatic rings. The number of anilines is 1. The molecule has 1 amide bonds. The van der Waals surface area contributed by atoms with E-state index in [-0.39, 0.29) is 22.8 Å². The molecule has 0 aliphatic carbocycles. The summed E-state index contributed by atoms with van der Waals surface area (Å²) in [6.45, 7) is 10.5. The third-order valence-electron chi connectivity index (χ3n) is 5.08. The molecule has 164 valence electrons. The number of aryl methyl sites for hydroxylation is 1. The lowest BCUT2D eigenvalue weighted by atomic mass is 9.84. The molecule has 2 aromatic heterocycles. The monoisotopic (exact) mass is 422 g/mol. The van der Waals surface area contributed by atoms with Gasteiger partial charge in [0.1, 0.15) is 5.56 Å². The minimum atomic E-state index is -1.04. The highest BCUT2D eigenvalue weighted by Crippen LogP contribution is 2.28. The van der Waals surface area contributed by atoms with Crippen molar-refractivity contribution in [2.24, 2.45) is 11.3 Å². The van der Waals surface area contributed by atoms with E-state index < -0.39 is 5.97 Å². The van der Waals surface area contributed by atoms with Crippen LogP contribution in [0.4, 0.5) is 5.69 Å². The molecule has 0 bridgehead atoms. The lowest BCUT2D eigenvalue weighted by molar-refractivity contribution is -0.117. The van der Waals surface area contributed by atoms with Crippen LogP contribution in [0.5, 0.6) is 0 Å². The zero-order valence-electron chi connectivity index (χ0n) is 18.8. The van der Waals surface area contributed by atoms with Gasteiger partial charge in [-0.1, -0.05) is 46.8 Å². The molecule has 2 N–H and O–H groups in total. The van der Waals surface area contributed by atoms with Gasteiger partial charge in [0.05, 0.1) is 11.4 Å². The van der Waals surface area contributed by atoms with Crippen LogP contribution in [-0.4, -0.2) is 31.6 Å². The molecule has 0 spiro atoms. The van der Waals surface area contributed by atoms with Crippen molar-refractivity contribution in [3.63, 3.8) is 0 Å². The van der Waals surface area contributed by atoms with Gasteiger partial charge >= 0.3 is 5.97 Å². The molecule has 1 atom stereocenters. The minimum absolute atomic E-state index is 0.0192. The third kappa shape index (κ3) is 5.29. The highest BCUT2D eigenvalue weighted by molar-refractivity contribution is 5.96. The van der Waals surface area contributed by atoms with Crippen LogP contribution in [0.3, 0.4) is 0 Å². The van der Waals surface area contributed by atoms with E-state index in [0.29, 0.717) is 35.6 Å². The van der Waals surface area contributed by atoms with E-state index in [4.69, 9.17) is 0 Å². The van der Waals surface area contributed by atoms with Crippen molar-refractivity contribution in [1.29, 1.82) is 0 Å². The highest BCUT2D eigenvalue weighted by atomic mass is 16.4. The second-order valence-electron chi connectivity index (χ2n) is 9.25. The van der Waals surface area contributed by atoms with Crippen molar-refractivity contribution in [3.8, 4) is 11.3 Å². The molecule has 1 aromatic carbocycles. The summed E-state index contributed by atoms with van der Waals surface area (Å²) in [5.74, 6) is -0.773. The predicted molar refractivity (Wildman–Crippen MR) is 121 cm³/mol. The van der Waals surface area contributed by atoms with Gasteiger partial charge in [0.2, 0.25) is 5.91 Å². The zero-order chi connectivity index (χ0) is 22.8. The van der Waals surface area contributed by atoms with E-state index >= 15 is 0 Å². The minimum Gasteiger partial charge on any atom is -0.477 e. The molecule has 0 fully saturated rings. The molecule has 0 saturated heterocycles. The molecule has 2 heterocycles. The Morgan fingerprint density at radius 3 is 2.61 bits per heavy atom. The number of benzene rings is 1. The van der Waals surface area contributed by atoms with Crippen LogP contribution in [0.25, 0.3) is 16.9 Å². The molecule has 31 heavy (non-hydrogen) atoms.